The highest BCUT2D eigenvalue weighted by molar-refractivity contribution is 9.10. The lowest BCUT2D eigenvalue weighted by atomic mass is 9.81. The van der Waals surface area contributed by atoms with E-state index < -0.39 is 5.60 Å². The van der Waals surface area contributed by atoms with E-state index in [0.717, 1.165) is 17.3 Å². The molecule has 1 N–H and O–H groups in total. The fraction of sp³-hybridized carbons (Fsp3) is 0.714. The van der Waals surface area contributed by atoms with Gasteiger partial charge in [-0.2, -0.15) is 0 Å². The molecular weight excluding hydrogens is 340 g/mol. The Kier molecular flexibility index (Phi) is 4.81. The summed E-state index contributed by atoms with van der Waals surface area (Å²) in [5, 5.41) is 6.68. The Morgan fingerprint density at radius 2 is 2.14 bits per heavy atom. The van der Waals surface area contributed by atoms with Crippen LogP contribution in [0.25, 0.3) is 0 Å². The lowest BCUT2D eigenvalue weighted by Crippen LogP contribution is -2.47. The van der Waals surface area contributed by atoms with Crippen LogP contribution in [0.2, 0.25) is 0 Å². The average Bonchev–Trinajstić information content (AvgIpc) is 2.61. The van der Waals surface area contributed by atoms with Gasteiger partial charge < -0.3 is 19.3 Å². The molecule has 1 amide bonds. The van der Waals surface area contributed by atoms with E-state index in [1.807, 2.05) is 27.7 Å². The van der Waals surface area contributed by atoms with Crippen molar-refractivity contribution in [2.75, 3.05) is 6.61 Å². The van der Waals surface area contributed by atoms with Crippen molar-refractivity contribution in [3.05, 3.63) is 10.2 Å². The van der Waals surface area contributed by atoms with Gasteiger partial charge in [-0.15, -0.1) is 0 Å². The van der Waals surface area contributed by atoms with Gasteiger partial charge in [-0.25, -0.2) is 4.79 Å². The minimum absolute atomic E-state index is 0.163. The number of hydrogen-bond donors (Lipinski definition) is 1. The van der Waals surface area contributed by atoms with E-state index >= 15 is 0 Å². The maximum Gasteiger partial charge on any atom is 0.407 e. The van der Waals surface area contributed by atoms with Gasteiger partial charge in [0.15, 0.2) is 5.76 Å². The molecule has 0 bridgehead atoms. The van der Waals surface area contributed by atoms with Gasteiger partial charge in [-0.3, -0.25) is 0 Å². The first-order chi connectivity index (χ1) is 9.74. The number of nitrogens with zero attached hydrogens (tertiary/aromatic N) is 1. The number of hydrogen-bond acceptors (Lipinski definition) is 5. The number of alkyl carbamates (subject to hydrolysis) is 1. The Morgan fingerprint density at radius 3 is 2.67 bits per heavy atom. The first-order valence-electron chi connectivity index (χ1n) is 6.98. The fourth-order valence-corrected chi connectivity index (χ4v) is 2.35. The van der Waals surface area contributed by atoms with Crippen molar-refractivity contribution in [3.8, 4) is 5.88 Å². The maximum absolute atomic E-state index is 11.6. The van der Waals surface area contributed by atoms with E-state index in [-0.39, 0.29) is 12.1 Å². The van der Waals surface area contributed by atoms with Crippen molar-refractivity contribution in [1.29, 1.82) is 0 Å². The van der Waals surface area contributed by atoms with Gasteiger partial charge >= 0.3 is 6.09 Å². The van der Waals surface area contributed by atoms with Gasteiger partial charge in [-0.1, -0.05) is 0 Å². The van der Waals surface area contributed by atoms with E-state index in [0.29, 0.717) is 24.2 Å². The first kappa shape index (κ1) is 16.1. The molecule has 0 spiro atoms. The van der Waals surface area contributed by atoms with Crippen LogP contribution in [0.5, 0.6) is 5.88 Å². The molecule has 1 heterocycles. The van der Waals surface area contributed by atoms with Crippen LogP contribution >= 0.6 is 15.9 Å². The van der Waals surface area contributed by atoms with Gasteiger partial charge in [0.05, 0.1) is 6.61 Å². The Labute approximate surface area is 132 Å². The van der Waals surface area contributed by atoms with Crippen LogP contribution < -0.4 is 10.1 Å². The predicted octanol–water partition coefficient (Wildman–Crippen LogP) is 3.43. The highest BCUT2D eigenvalue weighted by Gasteiger charge is 2.32. The number of aromatic nitrogens is 1. The highest BCUT2D eigenvalue weighted by Crippen LogP contribution is 2.31. The fourth-order valence-electron chi connectivity index (χ4n) is 2.09. The number of ether oxygens (including phenoxy) is 2. The zero-order chi connectivity index (χ0) is 15.6. The number of carbonyl (C=O) groups is 1. The average molecular weight is 361 g/mol. The minimum atomic E-state index is -0.465. The van der Waals surface area contributed by atoms with E-state index in [9.17, 15) is 4.79 Å². The van der Waals surface area contributed by atoms with E-state index in [1.165, 1.54) is 0 Å². The molecule has 118 valence electrons. The summed E-state index contributed by atoms with van der Waals surface area (Å²) in [6.45, 7) is 7.93. The highest BCUT2D eigenvalue weighted by atomic mass is 79.9. The van der Waals surface area contributed by atoms with Crippen molar-refractivity contribution < 1.29 is 18.8 Å². The molecular formula is C14H21BrN2O4. The molecule has 0 aromatic carbocycles. The van der Waals surface area contributed by atoms with Crippen molar-refractivity contribution in [3.63, 3.8) is 0 Å². The first-order valence-corrected chi connectivity index (χ1v) is 7.78. The topological polar surface area (TPSA) is 73.6 Å². The Morgan fingerprint density at radius 1 is 1.48 bits per heavy atom. The number of nitrogens with one attached hydrogen (secondary N) is 1. The molecule has 1 aromatic rings. The lowest BCUT2D eigenvalue weighted by Gasteiger charge is -2.35. The molecule has 0 saturated heterocycles. The van der Waals surface area contributed by atoms with Gasteiger partial charge in [0, 0.05) is 6.04 Å². The van der Waals surface area contributed by atoms with E-state index in [4.69, 9.17) is 14.0 Å². The van der Waals surface area contributed by atoms with Crippen LogP contribution in [-0.4, -0.2) is 29.5 Å². The van der Waals surface area contributed by atoms with Crippen LogP contribution in [0.15, 0.2) is 9.00 Å². The van der Waals surface area contributed by atoms with Gasteiger partial charge in [0.25, 0.3) is 5.88 Å². The van der Waals surface area contributed by atoms with Crippen LogP contribution in [0.1, 0.15) is 39.4 Å². The summed E-state index contributed by atoms with van der Waals surface area (Å²) in [7, 11) is 0. The molecule has 1 saturated carbocycles. The van der Waals surface area contributed by atoms with Crippen molar-refractivity contribution in [2.45, 2.75) is 52.2 Å². The van der Waals surface area contributed by atoms with Gasteiger partial charge in [0.2, 0.25) is 0 Å². The molecule has 0 atom stereocenters. The number of amides is 1. The second kappa shape index (κ2) is 6.25. The monoisotopic (exact) mass is 360 g/mol. The van der Waals surface area contributed by atoms with Crippen molar-refractivity contribution in [2.24, 2.45) is 5.92 Å². The zero-order valence-electron chi connectivity index (χ0n) is 12.7. The molecule has 21 heavy (non-hydrogen) atoms. The maximum atomic E-state index is 11.6. The molecule has 2 rings (SSSR count). The smallest absolute Gasteiger partial charge is 0.407 e. The summed E-state index contributed by atoms with van der Waals surface area (Å²) in [6.07, 6.45) is 1.41. The molecule has 0 aliphatic heterocycles. The second-order valence-corrected chi connectivity index (χ2v) is 7.14. The molecule has 7 heteroatoms. The lowest BCUT2D eigenvalue weighted by molar-refractivity contribution is 0.0426. The number of aryl methyl sites for hydroxylation is 1. The summed E-state index contributed by atoms with van der Waals surface area (Å²) in [5.74, 6) is 1.59. The Hall–Kier alpha value is -1.24. The molecule has 0 unspecified atom stereocenters. The minimum Gasteiger partial charge on any atom is -0.474 e. The van der Waals surface area contributed by atoms with E-state index in [1.54, 1.807) is 0 Å². The quantitative estimate of drug-likeness (QED) is 0.890. The third-order valence-electron chi connectivity index (χ3n) is 3.17. The Bertz CT molecular complexity index is 504. The zero-order valence-corrected chi connectivity index (χ0v) is 14.3. The van der Waals surface area contributed by atoms with Crippen molar-refractivity contribution >= 4 is 22.0 Å². The van der Waals surface area contributed by atoms with Crippen LogP contribution in [0, 0.1) is 12.8 Å². The summed E-state index contributed by atoms with van der Waals surface area (Å²) >= 11 is 3.36. The molecule has 1 aromatic heterocycles. The predicted molar refractivity (Wildman–Crippen MR) is 80.3 cm³/mol. The third-order valence-corrected chi connectivity index (χ3v) is 4.07. The number of rotatable bonds is 4. The van der Waals surface area contributed by atoms with Gasteiger partial charge in [0.1, 0.15) is 10.1 Å². The van der Waals surface area contributed by atoms with Crippen molar-refractivity contribution in [1.82, 2.24) is 10.5 Å². The van der Waals surface area contributed by atoms with Crippen LogP contribution in [-0.2, 0) is 4.74 Å². The van der Waals surface area contributed by atoms with Crippen LogP contribution in [0.4, 0.5) is 4.79 Å². The molecule has 1 aliphatic carbocycles. The molecule has 1 fully saturated rings. The summed E-state index contributed by atoms with van der Waals surface area (Å²) in [6, 6.07) is 0.163. The molecule has 6 nitrogen and oxygen atoms in total. The number of carbonyl (C=O) groups excluding carboxylic acids is 1. The summed E-state index contributed by atoms with van der Waals surface area (Å²) in [5.41, 5.74) is -0.465. The molecule has 1 aliphatic rings. The number of halogens is 1. The van der Waals surface area contributed by atoms with Gasteiger partial charge in [-0.05, 0) is 67.5 Å². The molecule has 0 radical (unpaired) electrons. The normalized spacial score (nSPS) is 21.6. The standard InChI is InChI=1S/C14H21BrN2O4/c1-8-11(15)12(17-21-8)19-7-9-5-10(6-9)16-13(18)20-14(2,3)4/h9-10H,5-7H2,1-4H3,(H,16,18). The largest absolute Gasteiger partial charge is 0.474 e. The Balaban J connectivity index is 1.66. The third kappa shape index (κ3) is 4.62. The van der Waals surface area contributed by atoms with Crippen LogP contribution in [0.3, 0.4) is 0 Å². The second-order valence-electron chi connectivity index (χ2n) is 6.35. The van der Waals surface area contributed by atoms with E-state index in [2.05, 4.69) is 26.4 Å². The SMILES string of the molecule is Cc1onc(OCC2CC(NC(=O)OC(C)(C)C)C2)c1Br. The summed E-state index contributed by atoms with van der Waals surface area (Å²) in [4.78, 5) is 11.6. The summed E-state index contributed by atoms with van der Waals surface area (Å²) < 4.78 is 16.6.